The fourth-order valence-corrected chi connectivity index (χ4v) is 3.19. The van der Waals surface area contributed by atoms with Crippen molar-refractivity contribution in [2.45, 2.75) is 26.2 Å². The molecule has 2 N–H and O–H groups in total. The molecule has 0 aliphatic carbocycles. The van der Waals surface area contributed by atoms with Crippen LogP contribution >= 0.6 is 11.6 Å². The van der Waals surface area contributed by atoms with E-state index in [4.69, 9.17) is 16.3 Å². The van der Waals surface area contributed by atoms with Crippen LogP contribution in [0.25, 0.3) is 0 Å². The second-order valence-electron chi connectivity index (χ2n) is 5.95. The Balaban J connectivity index is 1.92. The van der Waals surface area contributed by atoms with Crippen molar-refractivity contribution >= 4 is 38.9 Å². The van der Waals surface area contributed by atoms with Gasteiger partial charge in [-0.2, -0.15) is 0 Å². The summed E-state index contributed by atoms with van der Waals surface area (Å²) < 4.78 is 31.1. The maximum atomic E-state index is 12.1. The van der Waals surface area contributed by atoms with Crippen LogP contribution in [0.4, 0.5) is 11.4 Å². The van der Waals surface area contributed by atoms with Crippen molar-refractivity contribution in [3.63, 3.8) is 0 Å². The number of methoxy groups -OCH3 is 1. The van der Waals surface area contributed by atoms with Crippen molar-refractivity contribution in [1.29, 1.82) is 0 Å². The third-order valence-corrected chi connectivity index (χ3v) is 5.46. The second kappa shape index (κ2) is 9.62. The highest BCUT2D eigenvalue weighted by atomic mass is 35.5. The monoisotopic (exact) mass is 410 g/mol. The third-order valence-electron chi connectivity index (χ3n) is 3.91. The van der Waals surface area contributed by atoms with E-state index in [1.165, 1.54) is 7.11 Å². The van der Waals surface area contributed by atoms with Crippen LogP contribution in [-0.2, 0) is 21.2 Å². The molecule has 0 aromatic heterocycles. The minimum atomic E-state index is -3.41. The molecule has 0 saturated carbocycles. The van der Waals surface area contributed by atoms with Crippen LogP contribution in [-0.4, -0.2) is 27.2 Å². The van der Waals surface area contributed by atoms with Gasteiger partial charge in [0.2, 0.25) is 15.9 Å². The number of hydrogen-bond acceptors (Lipinski definition) is 4. The molecule has 0 aliphatic rings. The fourth-order valence-electron chi connectivity index (χ4n) is 2.42. The molecule has 0 radical (unpaired) electrons. The van der Waals surface area contributed by atoms with E-state index in [1.807, 2.05) is 24.3 Å². The summed E-state index contributed by atoms with van der Waals surface area (Å²) in [6.07, 6.45) is 1.86. The largest absolute Gasteiger partial charge is 0.494 e. The normalized spacial score (nSPS) is 11.1. The van der Waals surface area contributed by atoms with Gasteiger partial charge in [0.05, 0.1) is 18.6 Å². The van der Waals surface area contributed by atoms with Gasteiger partial charge >= 0.3 is 0 Å². The summed E-state index contributed by atoms with van der Waals surface area (Å²) in [6, 6.07) is 12.3. The smallest absolute Gasteiger partial charge is 0.232 e. The van der Waals surface area contributed by atoms with E-state index >= 15 is 0 Å². The maximum Gasteiger partial charge on any atom is 0.232 e. The average Bonchev–Trinajstić information content (AvgIpc) is 2.64. The molecule has 0 unspecified atom stereocenters. The van der Waals surface area contributed by atoms with Crippen LogP contribution in [0.1, 0.15) is 25.3 Å². The van der Waals surface area contributed by atoms with Crippen LogP contribution in [0.15, 0.2) is 42.5 Å². The van der Waals surface area contributed by atoms with Crippen molar-refractivity contribution in [3.8, 4) is 5.75 Å². The minimum Gasteiger partial charge on any atom is -0.494 e. The average molecular weight is 411 g/mol. The van der Waals surface area contributed by atoms with Crippen LogP contribution < -0.4 is 14.8 Å². The summed E-state index contributed by atoms with van der Waals surface area (Å²) in [6.45, 7) is 1.55. The number of halogens is 1. The minimum absolute atomic E-state index is 0.0394. The van der Waals surface area contributed by atoms with Gasteiger partial charge in [-0.3, -0.25) is 9.52 Å². The van der Waals surface area contributed by atoms with Crippen LogP contribution in [0.5, 0.6) is 5.75 Å². The molecule has 0 spiro atoms. The number of amides is 1. The molecule has 0 bridgehead atoms. The molecule has 2 aromatic rings. The Morgan fingerprint density at radius 2 is 1.85 bits per heavy atom. The van der Waals surface area contributed by atoms with E-state index in [1.54, 1.807) is 25.1 Å². The number of benzene rings is 2. The number of aryl methyl sites for hydroxylation is 1. The Morgan fingerprint density at radius 3 is 2.48 bits per heavy atom. The summed E-state index contributed by atoms with van der Waals surface area (Å²) in [5, 5.41) is 3.49. The first-order chi connectivity index (χ1) is 12.8. The molecule has 0 saturated heterocycles. The molecule has 146 valence electrons. The lowest BCUT2D eigenvalue weighted by Crippen LogP contribution is -2.16. The number of hydrogen-bond donors (Lipinski definition) is 2. The Morgan fingerprint density at radius 1 is 1.15 bits per heavy atom. The highest BCUT2D eigenvalue weighted by Crippen LogP contribution is 2.29. The first-order valence-corrected chi connectivity index (χ1v) is 10.6. The Bertz CT molecular complexity index is 883. The molecular weight excluding hydrogens is 388 g/mol. The van der Waals surface area contributed by atoms with Crippen molar-refractivity contribution in [3.05, 3.63) is 53.1 Å². The number of carbonyl (C=O) groups is 1. The molecule has 27 heavy (non-hydrogen) atoms. The summed E-state index contributed by atoms with van der Waals surface area (Å²) in [5.74, 6) is 0.182. The lowest BCUT2D eigenvalue weighted by Gasteiger charge is -2.13. The predicted octanol–water partition coefficient (Wildman–Crippen LogP) is 4.07. The number of anilines is 2. The van der Waals surface area contributed by atoms with E-state index in [0.717, 1.165) is 12.0 Å². The van der Waals surface area contributed by atoms with E-state index in [9.17, 15) is 13.2 Å². The van der Waals surface area contributed by atoms with Crippen LogP contribution in [0.3, 0.4) is 0 Å². The summed E-state index contributed by atoms with van der Waals surface area (Å²) in [4.78, 5) is 12.1. The predicted molar refractivity (Wildman–Crippen MR) is 109 cm³/mol. The molecule has 8 heteroatoms. The van der Waals surface area contributed by atoms with Gasteiger partial charge in [0.25, 0.3) is 0 Å². The summed E-state index contributed by atoms with van der Waals surface area (Å²) in [5.41, 5.74) is 2.00. The lowest BCUT2D eigenvalue weighted by atomic mass is 10.1. The van der Waals surface area contributed by atoms with Crippen molar-refractivity contribution < 1.29 is 17.9 Å². The van der Waals surface area contributed by atoms with E-state index in [2.05, 4.69) is 10.0 Å². The quantitative estimate of drug-likeness (QED) is 0.652. The lowest BCUT2D eigenvalue weighted by molar-refractivity contribution is -0.116. The number of ether oxygens (including phenoxy) is 1. The third kappa shape index (κ3) is 6.77. The Labute approximate surface area is 164 Å². The summed E-state index contributed by atoms with van der Waals surface area (Å²) in [7, 11) is -1.97. The molecule has 0 aliphatic heterocycles. The topological polar surface area (TPSA) is 84.5 Å². The Hall–Kier alpha value is -2.25. The highest BCUT2D eigenvalue weighted by Gasteiger charge is 2.12. The number of carbonyl (C=O) groups excluding carboxylic acids is 1. The first kappa shape index (κ1) is 21.1. The van der Waals surface area contributed by atoms with Gasteiger partial charge in [0.15, 0.2) is 0 Å². The zero-order valence-electron chi connectivity index (χ0n) is 15.3. The second-order valence-corrected chi connectivity index (χ2v) is 8.40. The molecule has 0 fully saturated rings. The Kier molecular flexibility index (Phi) is 7.50. The van der Waals surface area contributed by atoms with Gasteiger partial charge in [0, 0.05) is 23.2 Å². The molecule has 0 heterocycles. The van der Waals surface area contributed by atoms with Crippen LogP contribution in [0, 0.1) is 0 Å². The van der Waals surface area contributed by atoms with Crippen LogP contribution in [0.2, 0.25) is 5.02 Å². The van der Waals surface area contributed by atoms with Gasteiger partial charge in [-0.1, -0.05) is 23.7 Å². The van der Waals surface area contributed by atoms with Gasteiger partial charge in [-0.25, -0.2) is 8.42 Å². The highest BCUT2D eigenvalue weighted by molar-refractivity contribution is 7.92. The van der Waals surface area contributed by atoms with Gasteiger partial charge in [-0.05, 0) is 49.6 Å². The van der Waals surface area contributed by atoms with Gasteiger partial charge in [0.1, 0.15) is 5.75 Å². The van der Waals surface area contributed by atoms with Crippen molar-refractivity contribution in [1.82, 2.24) is 0 Å². The van der Waals surface area contributed by atoms with Crippen molar-refractivity contribution in [2.24, 2.45) is 0 Å². The van der Waals surface area contributed by atoms with Gasteiger partial charge in [-0.15, -0.1) is 0 Å². The zero-order chi connectivity index (χ0) is 19.9. The molecule has 2 aromatic carbocycles. The number of nitrogens with one attached hydrogen (secondary N) is 2. The first-order valence-electron chi connectivity index (χ1n) is 8.56. The van der Waals surface area contributed by atoms with Crippen molar-refractivity contribution in [2.75, 3.05) is 22.9 Å². The standard InChI is InChI=1S/C19H23ClN2O4S/c1-3-27(24,25)22-17-12-11-16(13-18(17)26-2)21-19(23)6-4-5-14-7-9-15(20)10-8-14/h7-13,22H,3-6H2,1-2H3,(H,21,23). The summed E-state index contributed by atoms with van der Waals surface area (Å²) >= 11 is 5.85. The zero-order valence-corrected chi connectivity index (χ0v) is 16.9. The maximum absolute atomic E-state index is 12.1. The van der Waals surface area contributed by atoms with Gasteiger partial charge < -0.3 is 10.1 Å². The number of sulfonamides is 1. The molecule has 6 nitrogen and oxygen atoms in total. The number of rotatable bonds is 9. The van der Waals surface area contributed by atoms with E-state index in [0.29, 0.717) is 35.0 Å². The van der Waals surface area contributed by atoms with E-state index in [-0.39, 0.29) is 11.7 Å². The SMILES string of the molecule is CCS(=O)(=O)Nc1ccc(NC(=O)CCCc2ccc(Cl)cc2)cc1OC. The molecular formula is C19H23ClN2O4S. The fraction of sp³-hybridized carbons (Fsp3) is 0.316. The van der Waals surface area contributed by atoms with E-state index < -0.39 is 10.0 Å². The molecule has 2 rings (SSSR count). The molecule has 0 atom stereocenters. The molecule has 1 amide bonds.